The molecule has 0 aliphatic rings. The molecule has 0 spiro atoms. The molecule has 0 radical (unpaired) electrons. The van der Waals surface area contributed by atoms with Gasteiger partial charge in [0.05, 0.1) is 12.1 Å². The number of ether oxygens (including phenoxy) is 1. The maximum Gasteiger partial charge on any atom is 0.387 e. The highest BCUT2D eigenvalue weighted by Gasteiger charge is 2.16. The number of para-hydroxylation sites is 1. The van der Waals surface area contributed by atoms with Crippen LogP contribution < -0.4 is 10.1 Å². The second kappa shape index (κ2) is 8.37. The van der Waals surface area contributed by atoms with Crippen LogP contribution in [0, 0.1) is 0 Å². The normalized spacial score (nSPS) is 10.9. The monoisotopic (exact) mass is 411 g/mol. The molecule has 140 valence electrons. The number of hydrogen-bond donors (Lipinski definition) is 1. The maximum atomic E-state index is 12.5. The number of hydrogen-bond acceptors (Lipinski definition) is 3. The molecule has 1 N–H and O–H groups in total. The van der Waals surface area contributed by atoms with Gasteiger partial charge in [0.2, 0.25) is 0 Å². The standard InChI is InChI=1S/C18H13Cl2F2N3O2/c19-12-6-5-11(14(20)9-12)10-25-8-7-16(24-25)23-17(26)13-3-1-2-4-15(13)27-18(21)22/h1-9,18H,10H2,(H,23,24,26). The predicted octanol–water partition coefficient (Wildman–Crippen LogP) is 5.09. The van der Waals surface area contributed by atoms with E-state index in [1.807, 2.05) is 0 Å². The molecule has 1 amide bonds. The van der Waals surface area contributed by atoms with Crippen LogP contribution in [0.4, 0.5) is 14.6 Å². The number of carbonyl (C=O) groups excluding carboxylic acids is 1. The second-order valence-electron chi connectivity index (χ2n) is 5.46. The van der Waals surface area contributed by atoms with Crippen LogP contribution >= 0.6 is 23.2 Å². The van der Waals surface area contributed by atoms with E-state index in [1.165, 1.54) is 18.2 Å². The summed E-state index contributed by atoms with van der Waals surface area (Å²) in [5, 5.41) is 7.81. The van der Waals surface area contributed by atoms with Gasteiger partial charge in [0.25, 0.3) is 5.91 Å². The number of halogens is 4. The number of benzene rings is 2. The second-order valence-corrected chi connectivity index (χ2v) is 6.31. The van der Waals surface area contributed by atoms with Gasteiger partial charge in [-0.25, -0.2) is 0 Å². The Hall–Kier alpha value is -2.64. The van der Waals surface area contributed by atoms with Gasteiger partial charge < -0.3 is 10.1 Å². The Labute approximate surface area is 163 Å². The molecule has 0 saturated carbocycles. The van der Waals surface area contributed by atoms with E-state index in [1.54, 1.807) is 41.2 Å². The third-order valence-corrected chi connectivity index (χ3v) is 4.16. The van der Waals surface area contributed by atoms with Crippen LogP contribution in [0.25, 0.3) is 0 Å². The van der Waals surface area contributed by atoms with Gasteiger partial charge in [-0.1, -0.05) is 41.4 Å². The number of aromatic nitrogens is 2. The first-order valence-electron chi connectivity index (χ1n) is 7.75. The molecule has 0 bridgehead atoms. The molecule has 3 aromatic rings. The van der Waals surface area contributed by atoms with Crippen molar-refractivity contribution in [2.75, 3.05) is 5.32 Å². The Morgan fingerprint density at radius 1 is 1.19 bits per heavy atom. The fraction of sp³-hybridized carbons (Fsp3) is 0.111. The highest BCUT2D eigenvalue weighted by Crippen LogP contribution is 2.23. The Bertz CT molecular complexity index is 963. The van der Waals surface area contributed by atoms with Gasteiger partial charge in [-0.2, -0.15) is 13.9 Å². The molecule has 0 aliphatic carbocycles. The zero-order chi connectivity index (χ0) is 19.4. The largest absolute Gasteiger partial charge is 0.434 e. The fourth-order valence-corrected chi connectivity index (χ4v) is 2.85. The summed E-state index contributed by atoms with van der Waals surface area (Å²) in [7, 11) is 0. The third-order valence-electron chi connectivity index (χ3n) is 3.58. The summed E-state index contributed by atoms with van der Waals surface area (Å²) in [6.45, 7) is -2.65. The van der Waals surface area contributed by atoms with E-state index >= 15 is 0 Å². The van der Waals surface area contributed by atoms with Crippen LogP contribution in [0.1, 0.15) is 15.9 Å². The van der Waals surface area contributed by atoms with Gasteiger partial charge in [-0.3, -0.25) is 9.48 Å². The Morgan fingerprint density at radius 2 is 1.96 bits per heavy atom. The van der Waals surface area contributed by atoms with Crippen molar-refractivity contribution in [1.82, 2.24) is 9.78 Å². The Balaban J connectivity index is 1.71. The lowest BCUT2D eigenvalue weighted by molar-refractivity contribution is -0.0501. The zero-order valence-corrected chi connectivity index (χ0v) is 15.2. The van der Waals surface area contributed by atoms with Crippen molar-refractivity contribution in [2.24, 2.45) is 0 Å². The number of anilines is 1. The minimum Gasteiger partial charge on any atom is -0.434 e. The number of nitrogens with one attached hydrogen (secondary N) is 1. The molecule has 0 fully saturated rings. The molecular weight excluding hydrogens is 399 g/mol. The summed E-state index contributed by atoms with van der Waals surface area (Å²) in [4.78, 5) is 12.4. The fourth-order valence-electron chi connectivity index (χ4n) is 2.38. The molecular formula is C18H13Cl2F2N3O2. The first-order valence-corrected chi connectivity index (χ1v) is 8.50. The van der Waals surface area contributed by atoms with Crippen LogP contribution in [-0.2, 0) is 6.54 Å². The lowest BCUT2D eigenvalue weighted by Crippen LogP contribution is -2.15. The SMILES string of the molecule is O=C(Nc1ccn(Cc2ccc(Cl)cc2Cl)n1)c1ccccc1OC(F)F. The molecule has 0 saturated heterocycles. The molecule has 0 atom stereocenters. The molecule has 0 aliphatic heterocycles. The predicted molar refractivity (Wildman–Crippen MR) is 98.8 cm³/mol. The van der Waals surface area contributed by atoms with E-state index in [0.717, 1.165) is 5.56 Å². The van der Waals surface area contributed by atoms with Crippen molar-refractivity contribution in [3.8, 4) is 5.75 Å². The molecule has 3 rings (SSSR count). The average molecular weight is 412 g/mol. The topological polar surface area (TPSA) is 56.2 Å². The minimum atomic E-state index is -3.03. The lowest BCUT2D eigenvalue weighted by Gasteiger charge is -2.09. The third kappa shape index (κ3) is 4.96. The van der Waals surface area contributed by atoms with E-state index in [9.17, 15) is 13.6 Å². The van der Waals surface area contributed by atoms with Crippen LogP contribution in [-0.4, -0.2) is 22.3 Å². The quantitative estimate of drug-likeness (QED) is 0.614. The van der Waals surface area contributed by atoms with Crippen LogP contribution in [0.2, 0.25) is 10.0 Å². The van der Waals surface area contributed by atoms with Crippen molar-refractivity contribution < 1.29 is 18.3 Å². The van der Waals surface area contributed by atoms with Gasteiger partial charge >= 0.3 is 6.61 Å². The smallest absolute Gasteiger partial charge is 0.387 e. The van der Waals surface area contributed by atoms with Gasteiger partial charge in [-0.05, 0) is 29.8 Å². The number of amides is 1. The zero-order valence-electron chi connectivity index (χ0n) is 13.7. The van der Waals surface area contributed by atoms with Crippen molar-refractivity contribution in [3.05, 3.63) is 75.9 Å². The average Bonchev–Trinajstić information content (AvgIpc) is 3.04. The number of carbonyl (C=O) groups is 1. The first-order chi connectivity index (χ1) is 12.9. The molecule has 0 unspecified atom stereocenters. The first kappa shape index (κ1) is 19.1. The van der Waals surface area contributed by atoms with Crippen LogP contribution in [0.15, 0.2) is 54.7 Å². The highest BCUT2D eigenvalue weighted by molar-refractivity contribution is 6.35. The Morgan fingerprint density at radius 3 is 2.70 bits per heavy atom. The molecule has 5 nitrogen and oxygen atoms in total. The molecule has 2 aromatic carbocycles. The van der Waals surface area contributed by atoms with Gasteiger partial charge in [0.1, 0.15) is 5.75 Å². The van der Waals surface area contributed by atoms with Crippen LogP contribution in [0.5, 0.6) is 5.75 Å². The van der Waals surface area contributed by atoms with Crippen molar-refractivity contribution in [1.29, 1.82) is 0 Å². The summed E-state index contributed by atoms with van der Waals surface area (Å²) >= 11 is 12.0. The summed E-state index contributed by atoms with van der Waals surface area (Å²) in [5.41, 5.74) is 0.783. The number of nitrogens with zero attached hydrogens (tertiary/aromatic N) is 2. The Kier molecular flexibility index (Phi) is 5.93. The van der Waals surface area contributed by atoms with Crippen molar-refractivity contribution in [2.45, 2.75) is 13.2 Å². The van der Waals surface area contributed by atoms with Crippen molar-refractivity contribution in [3.63, 3.8) is 0 Å². The molecule has 1 aromatic heterocycles. The van der Waals surface area contributed by atoms with Crippen LogP contribution in [0.3, 0.4) is 0 Å². The summed E-state index contributed by atoms with van der Waals surface area (Å²) in [5.74, 6) is -0.560. The minimum absolute atomic E-state index is 0.0203. The molecule has 27 heavy (non-hydrogen) atoms. The number of alkyl halides is 2. The molecule has 9 heteroatoms. The van der Waals surface area contributed by atoms with E-state index in [2.05, 4.69) is 15.2 Å². The van der Waals surface area contributed by atoms with Gasteiger partial charge in [0.15, 0.2) is 5.82 Å². The van der Waals surface area contributed by atoms with E-state index in [4.69, 9.17) is 23.2 Å². The summed E-state index contributed by atoms with van der Waals surface area (Å²) in [6, 6.07) is 12.4. The van der Waals surface area contributed by atoms with E-state index in [0.29, 0.717) is 16.6 Å². The molecule has 1 heterocycles. The number of rotatable bonds is 6. The maximum absolute atomic E-state index is 12.5. The van der Waals surface area contributed by atoms with Gasteiger partial charge in [0, 0.05) is 22.3 Å². The van der Waals surface area contributed by atoms with Gasteiger partial charge in [-0.15, -0.1) is 0 Å². The van der Waals surface area contributed by atoms with Crippen molar-refractivity contribution >= 4 is 34.9 Å². The summed E-state index contributed by atoms with van der Waals surface area (Å²) in [6.07, 6.45) is 1.65. The van der Waals surface area contributed by atoms with E-state index in [-0.39, 0.29) is 17.1 Å². The lowest BCUT2D eigenvalue weighted by atomic mass is 10.2. The highest BCUT2D eigenvalue weighted by atomic mass is 35.5. The summed E-state index contributed by atoms with van der Waals surface area (Å²) < 4.78 is 30.9. The van der Waals surface area contributed by atoms with E-state index < -0.39 is 12.5 Å².